The first-order valence-corrected chi connectivity index (χ1v) is 3.94. The third kappa shape index (κ3) is 2.97. The Morgan fingerprint density at radius 1 is 1.08 bits per heavy atom. The highest BCUT2D eigenvalue weighted by atomic mass is 16.1. The van der Waals surface area contributed by atoms with Crippen LogP contribution in [0.1, 0.15) is 22.3 Å². The summed E-state index contributed by atoms with van der Waals surface area (Å²) in [7, 11) is 0. The zero-order chi connectivity index (χ0) is 10.4. The minimum absolute atomic E-state index is 0.704. The molecule has 1 aromatic carbocycles. The molecule has 0 aliphatic rings. The molecule has 3 nitrogen and oxygen atoms in total. The van der Waals surface area contributed by atoms with Gasteiger partial charge in [-0.15, -0.1) is 0 Å². The fourth-order valence-electron chi connectivity index (χ4n) is 1.34. The Morgan fingerprint density at radius 2 is 1.46 bits per heavy atom. The average Bonchev–Trinajstić information content (AvgIpc) is 2.07. The zero-order valence-electron chi connectivity index (χ0n) is 8.22. The Kier molecular flexibility index (Phi) is 4.96. The number of rotatable bonds is 1. The number of nitrogens with two attached hydrogens (primary N) is 2. The van der Waals surface area contributed by atoms with Gasteiger partial charge in [0.05, 0.1) is 0 Å². The molecule has 0 aromatic heterocycles. The van der Waals surface area contributed by atoms with Gasteiger partial charge in [-0.3, -0.25) is 16.5 Å². The summed E-state index contributed by atoms with van der Waals surface area (Å²) in [6.07, 6.45) is 1.94. The fraction of sp³-hybridized carbons (Fsp3) is 0.300. The third-order valence-electron chi connectivity index (χ3n) is 1.78. The number of hydrazine groups is 1. The summed E-state index contributed by atoms with van der Waals surface area (Å²) in [6.45, 7) is 5.88. The van der Waals surface area contributed by atoms with Crippen molar-refractivity contribution in [3.63, 3.8) is 0 Å². The molecule has 0 spiro atoms. The van der Waals surface area contributed by atoms with E-state index in [2.05, 4.69) is 11.7 Å². The number of hydrogen-bond acceptors (Lipinski definition) is 3. The van der Waals surface area contributed by atoms with E-state index in [4.69, 9.17) is 0 Å². The van der Waals surface area contributed by atoms with Crippen LogP contribution < -0.4 is 11.7 Å². The van der Waals surface area contributed by atoms with Gasteiger partial charge in [-0.2, -0.15) is 0 Å². The average molecular weight is 179 g/mol. The van der Waals surface area contributed by atoms with Crippen LogP contribution in [0.15, 0.2) is 12.1 Å². The van der Waals surface area contributed by atoms with Gasteiger partial charge in [-0.25, -0.2) is 0 Å². The first kappa shape index (κ1) is 11.8. The van der Waals surface area contributed by atoms with Crippen LogP contribution in [-0.2, 0) is 4.79 Å². The maximum Gasteiger partial charge on any atom is 0.234 e. The van der Waals surface area contributed by atoms with Crippen molar-refractivity contribution in [2.24, 2.45) is 11.7 Å². The molecule has 13 heavy (non-hydrogen) atoms. The van der Waals surface area contributed by atoms with Gasteiger partial charge in [-0.05, 0) is 31.9 Å². The molecule has 0 aliphatic carbocycles. The SMILES string of the molecule is Cc1cc(C)c([C]=O)c(C)c1.NN. The minimum Gasteiger partial charge on any atom is -0.285 e. The van der Waals surface area contributed by atoms with Crippen molar-refractivity contribution in [2.75, 3.05) is 0 Å². The van der Waals surface area contributed by atoms with Crippen LogP contribution in [0.2, 0.25) is 0 Å². The van der Waals surface area contributed by atoms with E-state index < -0.39 is 0 Å². The molecular weight excluding hydrogens is 164 g/mol. The summed E-state index contributed by atoms with van der Waals surface area (Å²) in [6, 6.07) is 3.99. The van der Waals surface area contributed by atoms with E-state index in [-0.39, 0.29) is 0 Å². The lowest BCUT2D eigenvalue weighted by Gasteiger charge is -2.03. The second kappa shape index (κ2) is 5.45. The van der Waals surface area contributed by atoms with E-state index >= 15 is 0 Å². The molecule has 1 rings (SSSR count). The van der Waals surface area contributed by atoms with Crippen molar-refractivity contribution in [1.29, 1.82) is 0 Å². The molecular formula is C10H15N2O. The smallest absolute Gasteiger partial charge is 0.234 e. The van der Waals surface area contributed by atoms with Gasteiger partial charge in [-0.1, -0.05) is 17.7 Å². The standard InChI is InChI=1S/C10H11O.H4N2/c1-7-4-8(2)10(6-11)9(3)5-7;1-2/h4-5H,1-3H3;1-2H2. The number of benzene rings is 1. The third-order valence-corrected chi connectivity index (χ3v) is 1.78. The van der Waals surface area contributed by atoms with E-state index in [1.807, 2.05) is 39.2 Å². The van der Waals surface area contributed by atoms with Crippen LogP contribution in [0.4, 0.5) is 0 Å². The van der Waals surface area contributed by atoms with Crippen molar-refractivity contribution in [3.05, 3.63) is 34.4 Å². The number of carbonyl (C=O) groups excluding carboxylic acids is 1. The second-order valence-corrected chi connectivity index (χ2v) is 2.88. The molecule has 0 bridgehead atoms. The van der Waals surface area contributed by atoms with Crippen LogP contribution in [0.25, 0.3) is 0 Å². The molecule has 0 atom stereocenters. The highest BCUT2D eigenvalue weighted by Gasteiger charge is 2.01. The lowest BCUT2D eigenvalue weighted by atomic mass is 10.0. The minimum atomic E-state index is 0.704. The molecule has 4 N–H and O–H groups in total. The molecule has 1 aromatic rings. The molecule has 0 saturated carbocycles. The van der Waals surface area contributed by atoms with E-state index in [0.29, 0.717) is 5.56 Å². The zero-order valence-corrected chi connectivity index (χ0v) is 8.22. The van der Waals surface area contributed by atoms with Gasteiger partial charge >= 0.3 is 0 Å². The predicted molar refractivity (Wildman–Crippen MR) is 53.8 cm³/mol. The summed E-state index contributed by atoms with van der Waals surface area (Å²) in [4.78, 5) is 10.4. The Labute approximate surface area is 78.7 Å². The van der Waals surface area contributed by atoms with E-state index in [1.165, 1.54) is 5.56 Å². The summed E-state index contributed by atoms with van der Waals surface area (Å²) >= 11 is 0. The van der Waals surface area contributed by atoms with E-state index in [0.717, 1.165) is 11.1 Å². The quantitative estimate of drug-likeness (QED) is 0.497. The van der Waals surface area contributed by atoms with Gasteiger partial charge in [0.15, 0.2) is 0 Å². The lowest BCUT2D eigenvalue weighted by molar-refractivity contribution is 0.562. The normalized spacial score (nSPS) is 8.69. The monoisotopic (exact) mass is 179 g/mol. The molecule has 71 valence electrons. The molecule has 0 aliphatic heterocycles. The Hall–Kier alpha value is -1.19. The summed E-state index contributed by atoms with van der Waals surface area (Å²) in [5.41, 5.74) is 3.92. The van der Waals surface area contributed by atoms with Crippen LogP contribution in [-0.4, -0.2) is 6.29 Å². The molecule has 0 heterocycles. The molecule has 0 fully saturated rings. The highest BCUT2D eigenvalue weighted by molar-refractivity contribution is 5.80. The molecule has 0 unspecified atom stereocenters. The van der Waals surface area contributed by atoms with E-state index in [9.17, 15) is 4.79 Å². The van der Waals surface area contributed by atoms with Crippen molar-refractivity contribution in [3.8, 4) is 0 Å². The first-order chi connectivity index (χ1) is 6.15. The molecule has 3 heteroatoms. The maximum atomic E-state index is 10.4. The van der Waals surface area contributed by atoms with E-state index in [1.54, 1.807) is 0 Å². The van der Waals surface area contributed by atoms with Crippen LogP contribution in [0.3, 0.4) is 0 Å². The Bertz CT molecular complexity index is 272. The van der Waals surface area contributed by atoms with Gasteiger partial charge < -0.3 is 0 Å². The van der Waals surface area contributed by atoms with Gasteiger partial charge in [0.1, 0.15) is 0 Å². The summed E-state index contributed by atoms with van der Waals surface area (Å²) in [5, 5.41) is 0. The van der Waals surface area contributed by atoms with Crippen molar-refractivity contribution in [2.45, 2.75) is 20.8 Å². The predicted octanol–water partition coefficient (Wildman–Crippen LogP) is 0.888. The van der Waals surface area contributed by atoms with Crippen molar-refractivity contribution in [1.82, 2.24) is 0 Å². The highest BCUT2D eigenvalue weighted by Crippen LogP contribution is 2.13. The van der Waals surface area contributed by atoms with Crippen LogP contribution in [0.5, 0.6) is 0 Å². The van der Waals surface area contributed by atoms with Gasteiger partial charge in [0.25, 0.3) is 0 Å². The van der Waals surface area contributed by atoms with Gasteiger partial charge in [0, 0.05) is 5.56 Å². The van der Waals surface area contributed by atoms with Crippen LogP contribution in [0, 0.1) is 20.8 Å². The molecule has 0 saturated heterocycles. The number of hydrogen-bond donors (Lipinski definition) is 2. The van der Waals surface area contributed by atoms with Crippen molar-refractivity contribution >= 4 is 6.29 Å². The van der Waals surface area contributed by atoms with Gasteiger partial charge in [0.2, 0.25) is 6.29 Å². The lowest BCUT2D eigenvalue weighted by Crippen LogP contribution is -2.02. The van der Waals surface area contributed by atoms with Crippen molar-refractivity contribution < 1.29 is 4.79 Å². The molecule has 0 amide bonds. The molecule has 1 radical (unpaired) electrons. The largest absolute Gasteiger partial charge is 0.285 e. The maximum absolute atomic E-state index is 10.4. The first-order valence-electron chi connectivity index (χ1n) is 3.94. The Morgan fingerprint density at radius 3 is 1.77 bits per heavy atom. The number of aryl methyl sites for hydroxylation is 3. The topological polar surface area (TPSA) is 69.1 Å². The second-order valence-electron chi connectivity index (χ2n) is 2.88. The Balaban J connectivity index is 0.000000671. The fourth-order valence-corrected chi connectivity index (χ4v) is 1.34. The summed E-state index contributed by atoms with van der Waals surface area (Å²) < 4.78 is 0. The van der Waals surface area contributed by atoms with Crippen LogP contribution >= 0.6 is 0 Å². The summed E-state index contributed by atoms with van der Waals surface area (Å²) in [5.74, 6) is 8.00.